The molecule has 1 saturated heterocycles. The van der Waals surface area contributed by atoms with E-state index < -0.39 is 0 Å². The van der Waals surface area contributed by atoms with Gasteiger partial charge in [-0.2, -0.15) is 11.8 Å². The van der Waals surface area contributed by atoms with Gasteiger partial charge in [0.15, 0.2) is 0 Å². The molecule has 0 amide bonds. The lowest BCUT2D eigenvalue weighted by Crippen LogP contribution is -2.35. The van der Waals surface area contributed by atoms with Gasteiger partial charge in [-0.15, -0.1) is 0 Å². The molecule has 0 aliphatic carbocycles. The largest absolute Gasteiger partial charge is 0.337 e. The van der Waals surface area contributed by atoms with E-state index in [-0.39, 0.29) is 0 Å². The van der Waals surface area contributed by atoms with Crippen molar-refractivity contribution in [1.82, 2.24) is 9.97 Å². The molecule has 1 unspecified atom stereocenters. The number of thioether (sulfide) groups is 1. The lowest BCUT2D eigenvalue weighted by Gasteiger charge is -2.26. The summed E-state index contributed by atoms with van der Waals surface area (Å²) in [5.74, 6) is 3.33. The van der Waals surface area contributed by atoms with Crippen LogP contribution in [0.5, 0.6) is 0 Å². The first-order chi connectivity index (χ1) is 7.27. The summed E-state index contributed by atoms with van der Waals surface area (Å²) in [4.78, 5) is 11.2. The van der Waals surface area contributed by atoms with Gasteiger partial charge in [-0.3, -0.25) is 0 Å². The molecule has 0 bridgehead atoms. The summed E-state index contributed by atoms with van der Waals surface area (Å²) in [6.07, 6.45) is 3.07. The molecule has 1 aliphatic heterocycles. The molecule has 15 heavy (non-hydrogen) atoms. The van der Waals surface area contributed by atoms with Crippen LogP contribution in [0, 0.1) is 6.92 Å². The Kier molecular flexibility index (Phi) is 3.46. The highest BCUT2D eigenvalue weighted by molar-refractivity contribution is 7.99. The van der Waals surface area contributed by atoms with E-state index in [0.717, 1.165) is 18.2 Å². The van der Waals surface area contributed by atoms with E-state index in [1.807, 2.05) is 30.9 Å². The van der Waals surface area contributed by atoms with Gasteiger partial charge in [0.05, 0.1) is 0 Å². The minimum Gasteiger partial charge on any atom is -0.337 e. The Hall–Kier alpha value is -0.770. The van der Waals surface area contributed by atoms with Crippen molar-refractivity contribution in [2.75, 3.05) is 23.0 Å². The summed E-state index contributed by atoms with van der Waals surface area (Å²) in [5.41, 5.74) is 1.05. The molecule has 2 rings (SSSR count). The van der Waals surface area contributed by atoms with Crippen LogP contribution in [-0.4, -0.2) is 34.1 Å². The van der Waals surface area contributed by atoms with E-state index in [1.54, 1.807) is 0 Å². The molecule has 0 spiro atoms. The summed E-state index contributed by atoms with van der Waals surface area (Å²) in [7, 11) is 0. The van der Waals surface area contributed by atoms with Crippen molar-refractivity contribution in [1.29, 1.82) is 0 Å². The number of hydrogen-bond acceptors (Lipinski definition) is 4. The number of anilines is 1. The average molecular weight is 223 g/mol. The quantitative estimate of drug-likeness (QED) is 0.729. The lowest BCUT2D eigenvalue weighted by molar-refractivity contribution is 0.628. The Bertz CT molecular complexity index is 329. The molecular weight excluding hydrogens is 206 g/mol. The molecule has 82 valence electrons. The van der Waals surface area contributed by atoms with Crippen molar-refractivity contribution in [2.24, 2.45) is 0 Å². The third kappa shape index (κ3) is 2.62. The zero-order valence-corrected chi connectivity index (χ0v) is 10.1. The van der Waals surface area contributed by atoms with Crippen LogP contribution in [0.1, 0.15) is 19.0 Å². The molecule has 4 heteroatoms. The molecule has 3 nitrogen and oxygen atoms in total. The van der Waals surface area contributed by atoms with Crippen LogP contribution in [-0.2, 0) is 0 Å². The summed E-state index contributed by atoms with van der Waals surface area (Å²) in [6, 6.07) is 2.50. The standard InChI is InChI=1S/C11H17N3S/c1-9-3-5-12-11(13-9)14-6-8-15-7-4-10(14)2/h3,5,10H,4,6-8H2,1-2H3. The molecule has 0 aromatic carbocycles. The van der Waals surface area contributed by atoms with Crippen LogP contribution in [0.15, 0.2) is 12.3 Å². The summed E-state index contributed by atoms with van der Waals surface area (Å²) in [6.45, 7) is 5.34. The Morgan fingerprint density at radius 3 is 3.13 bits per heavy atom. The molecule has 0 radical (unpaired) electrons. The normalized spacial score (nSPS) is 22.5. The molecule has 1 aromatic heterocycles. The van der Waals surface area contributed by atoms with Crippen LogP contribution in [0.2, 0.25) is 0 Å². The predicted molar refractivity (Wildman–Crippen MR) is 65.5 cm³/mol. The molecule has 1 aliphatic rings. The fraction of sp³-hybridized carbons (Fsp3) is 0.636. The Labute approximate surface area is 95.3 Å². The van der Waals surface area contributed by atoms with Crippen LogP contribution in [0.3, 0.4) is 0 Å². The van der Waals surface area contributed by atoms with Crippen LogP contribution < -0.4 is 4.90 Å². The third-order valence-electron chi connectivity index (χ3n) is 2.73. The summed E-state index contributed by atoms with van der Waals surface area (Å²) < 4.78 is 0. The van der Waals surface area contributed by atoms with Gasteiger partial charge >= 0.3 is 0 Å². The van der Waals surface area contributed by atoms with E-state index in [9.17, 15) is 0 Å². The molecule has 0 saturated carbocycles. The van der Waals surface area contributed by atoms with Crippen molar-refractivity contribution in [3.63, 3.8) is 0 Å². The second-order valence-electron chi connectivity index (χ2n) is 3.94. The second-order valence-corrected chi connectivity index (χ2v) is 5.17. The van der Waals surface area contributed by atoms with Crippen molar-refractivity contribution in [3.8, 4) is 0 Å². The SMILES string of the molecule is Cc1ccnc(N2CCSCCC2C)n1. The minimum atomic E-state index is 0.557. The Morgan fingerprint density at radius 2 is 2.33 bits per heavy atom. The van der Waals surface area contributed by atoms with Gasteiger partial charge in [0.2, 0.25) is 5.95 Å². The third-order valence-corrected chi connectivity index (χ3v) is 3.72. The number of aryl methyl sites for hydroxylation is 1. The van der Waals surface area contributed by atoms with Gasteiger partial charge < -0.3 is 4.90 Å². The van der Waals surface area contributed by atoms with Crippen molar-refractivity contribution >= 4 is 17.7 Å². The van der Waals surface area contributed by atoms with E-state index in [1.165, 1.54) is 17.9 Å². The Morgan fingerprint density at radius 1 is 1.47 bits per heavy atom. The van der Waals surface area contributed by atoms with E-state index in [2.05, 4.69) is 21.8 Å². The molecule has 1 aromatic rings. The van der Waals surface area contributed by atoms with Crippen LogP contribution in [0.4, 0.5) is 5.95 Å². The maximum Gasteiger partial charge on any atom is 0.225 e. The van der Waals surface area contributed by atoms with E-state index in [4.69, 9.17) is 0 Å². The Balaban J connectivity index is 2.20. The highest BCUT2D eigenvalue weighted by Gasteiger charge is 2.19. The zero-order chi connectivity index (χ0) is 10.7. The first kappa shape index (κ1) is 10.7. The molecule has 1 fully saturated rings. The minimum absolute atomic E-state index is 0.557. The second kappa shape index (κ2) is 4.84. The molecule has 0 N–H and O–H groups in total. The topological polar surface area (TPSA) is 29.0 Å². The summed E-state index contributed by atoms with van der Waals surface area (Å²) in [5, 5.41) is 0. The van der Waals surface area contributed by atoms with E-state index in [0.29, 0.717) is 6.04 Å². The lowest BCUT2D eigenvalue weighted by atomic mass is 10.2. The highest BCUT2D eigenvalue weighted by atomic mass is 32.2. The smallest absolute Gasteiger partial charge is 0.225 e. The highest BCUT2D eigenvalue weighted by Crippen LogP contribution is 2.20. The van der Waals surface area contributed by atoms with Crippen molar-refractivity contribution < 1.29 is 0 Å². The number of rotatable bonds is 1. The van der Waals surface area contributed by atoms with Gasteiger partial charge in [-0.05, 0) is 32.1 Å². The number of aromatic nitrogens is 2. The molecule has 2 heterocycles. The van der Waals surface area contributed by atoms with E-state index >= 15 is 0 Å². The van der Waals surface area contributed by atoms with Gasteiger partial charge in [0.25, 0.3) is 0 Å². The van der Waals surface area contributed by atoms with Crippen LogP contribution in [0.25, 0.3) is 0 Å². The van der Waals surface area contributed by atoms with Gasteiger partial charge in [-0.25, -0.2) is 9.97 Å². The van der Waals surface area contributed by atoms with Crippen molar-refractivity contribution in [2.45, 2.75) is 26.3 Å². The molecule has 1 atom stereocenters. The average Bonchev–Trinajstić information content (AvgIpc) is 2.43. The number of hydrogen-bond donors (Lipinski definition) is 0. The fourth-order valence-electron chi connectivity index (χ4n) is 1.77. The van der Waals surface area contributed by atoms with Gasteiger partial charge in [0.1, 0.15) is 0 Å². The van der Waals surface area contributed by atoms with Gasteiger partial charge in [0, 0.05) is 30.2 Å². The van der Waals surface area contributed by atoms with Gasteiger partial charge in [-0.1, -0.05) is 0 Å². The molecular formula is C11H17N3S. The zero-order valence-electron chi connectivity index (χ0n) is 9.31. The summed E-state index contributed by atoms with van der Waals surface area (Å²) >= 11 is 2.02. The fourth-order valence-corrected chi connectivity index (χ4v) is 2.80. The monoisotopic (exact) mass is 223 g/mol. The predicted octanol–water partition coefficient (Wildman–Crippen LogP) is 2.12. The maximum atomic E-state index is 4.49. The first-order valence-electron chi connectivity index (χ1n) is 5.41. The first-order valence-corrected chi connectivity index (χ1v) is 6.57. The maximum absolute atomic E-state index is 4.49. The van der Waals surface area contributed by atoms with Crippen molar-refractivity contribution in [3.05, 3.63) is 18.0 Å². The van der Waals surface area contributed by atoms with Crippen LogP contribution >= 0.6 is 11.8 Å². The number of nitrogens with zero attached hydrogens (tertiary/aromatic N) is 3.